The molecule has 0 saturated heterocycles. The second-order valence-corrected chi connectivity index (χ2v) is 10.3. The topological polar surface area (TPSA) is 150 Å². The Labute approximate surface area is 219 Å². The van der Waals surface area contributed by atoms with Crippen LogP contribution in [-0.2, 0) is 4.79 Å². The summed E-state index contributed by atoms with van der Waals surface area (Å²) in [5.74, 6) is -0.584. The predicted octanol–water partition coefficient (Wildman–Crippen LogP) is 0.339. The summed E-state index contributed by atoms with van der Waals surface area (Å²) in [5.41, 5.74) is -0.541. The summed E-state index contributed by atoms with van der Waals surface area (Å²) in [4.78, 5) is 47.6. The molecule has 0 bridgehead atoms. The standard InChI is InChI=1S/C17H24N4O6S6/c22-7-10(8-28)20-33-32-4-2-19-16(25)14-6-11(23)5-13(27-14)15(24)18-1-3-31-21-12(9-29)17(26)30/h5-6,8,10,12,20-22,29H,1-4,7,9H2,(H,18,24)(H,19,25)(H,26,30)/t10-,12+/m1/s1. The number of aliphatic hydroxyl groups is 1. The number of carbonyl (C=O) groups excluding carboxylic acids is 3. The molecule has 1 rings (SSSR count). The van der Waals surface area contributed by atoms with E-state index in [9.17, 15) is 19.2 Å². The molecule has 0 aliphatic heterocycles. The van der Waals surface area contributed by atoms with Gasteiger partial charge < -0.3 is 20.2 Å². The van der Waals surface area contributed by atoms with E-state index in [1.807, 2.05) is 0 Å². The van der Waals surface area contributed by atoms with Crippen molar-refractivity contribution in [1.29, 1.82) is 0 Å². The lowest BCUT2D eigenvalue weighted by Gasteiger charge is -2.11. The van der Waals surface area contributed by atoms with Crippen LogP contribution in [0.15, 0.2) is 21.3 Å². The molecule has 2 amide bonds. The van der Waals surface area contributed by atoms with E-state index < -0.39 is 23.3 Å². The minimum absolute atomic E-state index is 0.111. The van der Waals surface area contributed by atoms with Crippen LogP contribution < -0.4 is 25.5 Å². The zero-order valence-electron chi connectivity index (χ0n) is 17.1. The number of nitrogens with one attached hydrogen (secondary N) is 4. The Morgan fingerprint density at radius 2 is 1.73 bits per heavy atom. The third-order valence-electron chi connectivity index (χ3n) is 3.50. The van der Waals surface area contributed by atoms with Crippen molar-refractivity contribution in [2.24, 2.45) is 0 Å². The minimum Gasteiger partial charge on any atom is -0.445 e. The van der Waals surface area contributed by atoms with Gasteiger partial charge in [0.1, 0.15) is 0 Å². The van der Waals surface area contributed by atoms with Gasteiger partial charge in [-0.15, -0.1) is 12.6 Å². The van der Waals surface area contributed by atoms with Gasteiger partial charge in [0.15, 0.2) is 16.9 Å². The van der Waals surface area contributed by atoms with Crippen LogP contribution in [-0.4, -0.2) is 76.4 Å². The second-order valence-electron chi connectivity index (χ2n) is 6.02. The molecule has 0 unspecified atom stereocenters. The van der Waals surface area contributed by atoms with Gasteiger partial charge in [-0.25, -0.2) is 4.72 Å². The van der Waals surface area contributed by atoms with Gasteiger partial charge in [0, 0.05) is 42.5 Å². The van der Waals surface area contributed by atoms with E-state index in [1.165, 1.54) is 39.1 Å². The fraction of sp³-hybridized carbons (Fsp3) is 0.471. The van der Waals surface area contributed by atoms with Gasteiger partial charge in [-0.2, -0.15) is 12.6 Å². The van der Waals surface area contributed by atoms with Crippen LogP contribution in [0, 0.1) is 0 Å². The quantitative estimate of drug-likeness (QED) is 0.0454. The maximum atomic E-state index is 12.2. The van der Waals surface area contributed by atoms with Gasteiger partial charge in [0.2, 0.25) is 5.12 Å². The molecule has 0 fully saturated rings. The van der Waals surface area contributed by atoms with Gasteiger partial charge in [-0.05, 0) is 16.3 Å². The summed E-state index contributed by atoms with van der Waals surface area (Å²) < 4.78 is 11.1. The van der Waals surface area contributed by atoms with Crippen molar-refractivity contribution >= 4 is 93.5 Å². The predicted molar refractivity (Wildman–Crippen MR) is 145 cm³/mol. The van der Waals surface area contributed by atoms with Crippen LogP contribution in [0.25, 0.3) is 0 Å². The van der Waals surface area contributed by atoms with Gasteiger partial charge in [-0.3, -0.25) is 23.9 Å². The molecule has 5 N–H and O–H groups in total. The number of rotatable bonds is 17. The molecule has 2 atom stereocenters. The summed E-state index contributed by atoms with van der Waals surface area (Å²) in [7, 11) is 2.68. The molecule has 184 valence electrons. The lowest BCUT2D eigenvalue weighted by Crippen LogP contribution is -2.33. The van der Waals surface area contributed by atoms with Crippen LogP contribution >= 0.6 is 71.2 Å². The number of amides is 2. The van der Waals surface area contributed by atoms with Crippen molar-refractivity contribution in [1.82, 2.24) is 20.1 Å². The molecule has 0 spiro atoms. The van der Waals surface area contributed by atoms with Crippen molar-refractivity contribution in [2.75, 3.05) is 37.0 Å². The van der Waals surface area contributed by atoms with E-state index >= 15 is 0 Å². The first-order valence-electron chi connectivity index (χ1n) is 9.35. The zero-order chi connectivity index (χ0) is 24.6. The summed E-state index contributed by atoms with van der Waals surface area (Å²) in [6.07, 6.45) is 0. The van der Waals surface area contributed by atoms with Gasteiger partial charge in [0.05, 0.1) is 18.7 Å². The van der Waals surface area contributed by atoms with E-state index in [2.05, 4.69) is 45.3 Å². The average Bonchev–Trinajstić information content (AvgIpc) is 2.80. The third-order valence-corrected chi connectivity index (χ3v) is 7.40. The molecule has 0 aliphatic rings. The molecule has 0 aromatic carbocycles. The zero-order valence-corrected chi connectivity index (χ0v) is 22.2. The molecule has 33 heavy (non-hydrogen) atoms. The molecule has 16 heteroatoms. The van der Waals surface area contributed by atoms with Gasteiger partial charge in [0.25, 0.3) is 11.8 Å². The highest BCUT2D eigenvalue weighted by atomic mass is 33.1. The maximum Gasteiger partial charge on any atom is 0.287 e. The molecule has 1 heterocycles. The van der Waals surface area contributed by atoms with Crippen LogP contribution in [0.4, 0.5) is 0 Å². The number of aliphatic hydroxyl groups excluding tert-OH is 1. The first-order valence-corrected chi connectivity index (χ1v) is 14.2. The molecular weight excluding hydrogens is 549 g/mol. The van der Waals surface area contributed by atoms with E-state index in [0.29, 0.717) is 11.5 Å². The van der Waals surface area contributed by atoms with Crippen molar-refractivity contribution in [3.8, 4) is 0 Å². The highest BCUT2D eigenvalue weighted by Crippen LogP contribution is 2.16. The molecule has 10 nitrogen and oxygen atoms in total. The fourth-order valence-electron chi connectivity index (χ4n) is 1.87. The fourth-order valence-corrected chi connectivity index (χ4v) is 5.27. The summed E-state index contributed by atoms with van der Waals surface area (Å²) in [6, 6.07) is 1.20. The molecule has 1 aromatic rings. The normalized spacial score (nSPS) is 12.6. The van der Waals surface area contributed by atoms with E-state index in [0.717, 1.165) is 12.1 Å². The first kappa shape index (κ1) is 30.3. The Morgan fingerprint density at radius 1 is 1.12 bits per heavy atom. The Kier molecular flexibility index (Phi) is 16.2. The highest BCUT2D eigenvalue weighted by Gasteiger charge is 2.16. The Balaban J connectivity index is 2.44. The van der Waals surface area contributed by atoms with Crippen LogP contribution in [0.5, 0.6) is 0 Å². The number of thiocarbonyl (C=S) groups is 1. The van der Waals surface area contributed by atoms with Crippen LogP contribution in [0.3, 0.4) is 0 Å². The maximum absolute atomic E-state index is 12.2. The SMILES string of the molecule is O=C(NCCSN[C@@H](CS)C(=O)S)c1cc(=O)cc(C(=O)NCCSSN[C@@H](C=S)CO)o1. The largest absolute Gasteiger partial charge is 0.445 e. The van der Waals surface area contributed by atoms with Crippen molar-refractivity contribution in [2.45, 2.75) is 12.1 Å². The third kappa shape index (κ3) is 12.5. The van der Waals surface area contributed by atoms with Crippen molar-refractivity contribution in [3.63, 3.8) is 0 Å². The smallest absolute Gasteiger partial charge is 0.287 e. The summed E-state index contributed by atoms with van der Waals surface area (Å²) in [5, 5.41) is 15.3. The van der Waals surface area contributed by atoms with Crippen molar-refractivity contribution in [3.05, 3.63) is 33.9 Å². The first-order chi connectivity index (χ1) is 15.8. The number of thiol groups is 2. The molecule has 1 aromatic heterocycles. The molecular formula is C17H24N4O6S6. The number of carbonyl (C=O) groups is 3. The van der Waals surface area contributed by atoms with E-state index in [-0.39, 0.29) is 48.1 Å². The average molecular weight is 573 g/mol. The van der Waals surface area contributed by atoms with Gasteiger partial charge >= 0.3 is 0 Å². The summed E-state index contributed by atoms with van der Waals surface area (Å²) in [6.45, 7) is 0.395. The number of hydrogen-bond acceptors (Lipinski definition) is 13. The Hall–Kier alpha value is -0.720. The number of hydrogen-bond donors (Lipinski definition) is 7. The van der Waals surface area contributed by atoms with Crippen molar-refractivity contribution < 1.29 is 23.9 Å². The lowest BCUT2D eigenvalue weighted by molar-refractivity contribution is -0.111. The van der Waals surface area contributed by atoms with E-state index in [4.69, 9.17) is 21.7 Å². The second kappa shape index (κ2) is 17.7. The Morgan fingerprint density at radius 3 is 2.24 bits per heavy atom. The lowest BCUT2D eigenvalue weighted by atomic mass is 10.3. The van der Waals surface area contributed by atoms with Crippen LogP contribution in [0.1, 0.15) is 21.1 Å². The summed E-state index contributed by atoms with van der Waals surface area (Å²) >= 11 is 13.7. The molecule has 0 aliphatic carbocycles. The molecule has 0 radical (unpaired) electrons. The molecule has 0 saturated carbocycles. The monoisotopic (exact) mass is 572 g/mol. The minimum atomic E-state index is -0.645. The van der Waals surface area contributed by atoms with Gasteiger partial charge in [-0.1, -0.05) is 35.0 Å². The Bertz CT molecular complexity index is 858. The van der Waals surface area contributed by atoms with E-state index in [1.54, 1.807) is 0 Å². The van der Waals surface area contributed by atoms with Crippen LogP contribution in [0.2, 0.25) is 0 Å². The highest BCUT2D eigenvalue weighted by molar-refractivity contribution is 8.76.